The molecule has 1 saturated heterocycles. The smallest absolute Gasteiger partial charge is 0.325 e. The summed E-state index contributed by atoms with van der Waals surface area (Å²) in [6, 6.07) is 4.41. The third-order valence-corrected chi connectivity index (χ3v) is 5.57. The molecule has 5 rings (SSSR count). The maximum atomic E-state index is 2.45. The molecular formula is C19H26BN3+. The Kier molecular flexibility index (Phi) is 3.60. The fourth-order valence-electron chi connectivity index (χ4n) is 4.93. The number of rotatable bonds is 2. The van der Waals surface area contributed by atoms with E-state index in [0.29, 0.717) is 5.41 Å². The van der Waals surface area contributed by atoms with E-state index in [1.165, 1.54) is 49.3 Å². The van der Waals surface area contributed by atoms with Gasteiger partial charge in [0.05, 0.1) is 0 Å². The van der Waals surface area contributed by atoms with Gasteiger partial charge >= 0.3 is 7.55 Å². The fourth-order valence-corrected chi connectivity index (χ4v) is 4.93. The van der Waals surface area contributed by atoms with Crippen LogP contribution in [-0.2, 0) is 0 Å². The molecule has 3 aliphatic heterocycles. The molecule has 23 heavy (non-hydrogen) atoms. The van der Waals surface area contributed by atoms with Crippen LogP contribution in [0.4, 0.5) is 0 Å². The Balaban J connectivity index is 0.000000652. The molecule has 4 heterocycles. The van der Waals surface area contributed by atoms with E-state index in [2.05, 4.69) is 65.2 Å². The Labute approximate surface area is 140 Å². The number of allylic oxidation sites excluding steroid dienone is 3. The molecule has 0 amide bonds. The van der Waals surface area contributed by atoms with Crippen molar-refractivity contribution in [3.63, 3.8) is 0 Å². The zero-order valence-electron chi connectivity index (χ0n) is 14.5. The van der Waals surface area contributed by atoms with Crippen molar-refractivity contribution in [1.29, 1.82) is 0 Å². The fraction of sp³-hybridized carbons (Fsp3) is 0.526. The molecule has 1 radical (unpaired) electrons. The summed E-state index contributed by atoms with van der Waals surface area (Å²) in [6.45, 7) is 6.64. The van der Waals surface area contributed by atoms with Gasteiger partial charge in [-0.05, 0) is 56.0 Å². The first kappa shape index (κ1) is 15.0. The average Bonchev–Trinajstić information content (AvgIpc) is 3.13. The molecule has 3 nitrogen and oxygen atoms in total. The minimum Gasteiger partial charge on any atom is -0.325 e. The number of nitrogens with zero attached hydrogens (tertiary/aromatic N) is 3. The largest absolute Gasteiger partial charge is 0.699 e. The highest BCUT2D eigenvalue weighted by Gasteiger charge is 2.51. The molecule has 1 saturated carbocycles. The average molecular weight is 307 g/mol. The molecule has 4 heteroatoms. The predicted octanol–water partition coefficient (Wildman–Crippen LogP) is 3.01. The van der Waals surface area contributed by atoms with Crippen LogP contribution in [0.15, 0.2) is 36.2 Å². The van der Waals surface area contributed by atoms with E-state index >= 15 is 0 Å². The normalized spacial score (nSPS) is 24.0. The van der Waals surface area contributed by atoms with Gasteiger partial charge in [0.1, 0.15) is 6.21 Å². The number of likely N-dealkylation sites (tertiary alicyclic amines) is 1. The minimum absolute atomic E-state index is 0.685. The third-order valence-electron chi connectivity index (χ3n) is 5.57. The lowest BCUT2D eigenvalue weighted by molar-refractivity contribution is -0.307. The zero-order chi connectivity index (χ0) is 16.0. The zero-order valence-corrected chi connectivity index (χ0v) is 14.5. The Hall–Kier alpha value is -1.55. The monoisotopic (exact) mass is 307 g/mol. The topological polar surface area (TPSA) is 11.2 Å². The molecule has 1 aromatic rings. The molecule has 0 bridgehead atoms. The molecule has 4 aliphatic rings. The number of hydrogen-bond donors (Lipinski definition) is 0. The molecule has 1 spiro atoms. The Morgan fingerprint density at radius 1 is 1.30 bits per heavy atom. The van der Waals surface area contributed by atoms with Crippen LogP contribution in [0.5, 0.6) is 0 Å². The first-order valence-electron chi connectivity index (χ1n) is 8.96. The Bertz CT molecular complexity index is 696. The number of fused-ring (bicyclic) bond motifs is 2. The van der Waals surface area contributed by atoms with Crippen LogP contribution in [0.3, 0.4) is 0 Å². The lowest BCUT2D eigenvalue weighted by Crippen LogP contribution is -2.60. The van der Waals surface area contributed by atoms with Gasteiger partial charge in [0.15, 0.2) is 5.70 Å². The summed E-state index contributed by atoms with van der Waals surface area (Å²) >= 11 is 0. The Morgan fingerprint density at radius 3 is 2.83 bits per heavy atom. The van der Waals surface area contributed by atoms with Gasteiger partial charge in [0.25, 0.3) is 0 Å². The van der Waals surface area contributed by atoms with Gasteiger partial charge in [0, 0.05) is 36.5 Å². The van der Waals surface area contributed by atoms with Gasteiger partial charge in [-0.3, -0.25) is 4.49 Å². The second-order valence-electron chi connectivity index (χ2n) is 7.35. The molecule has 0 unspecified atom stereocenters. The van der Waals surface area contributed by atoms with Crippen LogP contribution in [0.1, 0.15) is 38.8 Å². The van der Waals surface area contributed by atoms with Crippen molar-refractivity contribution in [3.05, 3.63) is 41.9 Å². The van der Waals surface area contributed by atoms with E-state index in [9.17, 15) is 0 Å². The summed E-state index contributed by atoms with van der Waals surface area (Å²) in [4.78, 5) is 2.45. The summed E-state index contributed by atoms with van der Waals surface area (Å²) in [7, 11) is 4.42. The summed E-state index contributed by atoms with van der Waals surface area (Å²) in [5.74, 6) is 0.874. The van der Waals surface area contributed by atoms with Crippen LogP contribution >= 0.6 is 0 Å². The molecule has 0 atom stereocenters. The first-order valence-corrected chi connectivity index (χ1v) is 8.96. The highest BCUT2D eigenvalue weighted by Crippen LogP contribution is 2.54. The highest BCUT2D eigenvalue weighted by atomic mass is 15.2. The van der Waals surface area contributed by atoms with E-state index in [4.69, 9.17) is 0 Å². The van der Waals surface area contributed by atoms with Crippen LogP contribution < -0.4 is 0 Å². The van der Waals surface area contributed by atoms with Crippen LogP contribution in [-0.4, -0.2) is 47.8 Å². The second kappa shape index (κ2) is 5.52. The van der Waals surface area contributed by atoms with E-state index in [1.54, 1.807) is 0 Å². The lowest BCUT2D eigenvalue weighted by atomic mass is 9.56. The van der Waals surface area contributed by atoms with Gasteiger partial charge in [-0.25, -0.2) is 0 Å². The molecule has 0 N–H and O–H groups in total. The van der Waals surface area contributed by atoms with Crippen molar-refractivity contribution in [1.82, 2.24) is 9.38 Å². The summed E-state index contributed by atoms with van der Waals surface area (Å²) in [6.07, 6.45) is 12.8. The molecule has 0 aromatic carbocycles. The maximum Gasteiger partial charge on any atom is 0.699 e. The van der Waals surface area contributed by atoms with Crippen molar-refractivity contribution in [3.8, 4) is 0 Å². The summed E-state index contributed by atoms with van der Waals surface area (Å²) < 4.78 is 4.52. The molecule has 119 valence electrons. The molecule has 1 aliphatic carbocycles. The maximum absolute atomic E-state index is 2.45. The van der Waals surface area contributed by atoms with Crippen molar-refractivity contribution < 1.29 is 4.49 Å². The highest BCUT2D eigenvalue weighted by molar-refractivity contribution is 6.27. The van der Waals surface area contributed by atoms with Crippen LogP contribution in [0.25, 0.3) is 5.57 Å². The van der Waals surface area contributed by atoms with E-state index in [1.807, 2.05) is 13.8 Å². The minimum atomic E-state index is 0.685. The van der Waals surface area contributed by atoms with Gasteiger partial charge in [-0.1, -0.05) is 13.8 Å². The Morgan fingerprint density at radius 2 is 2.09 bits per heavy atom. The van der Waals surface area contributed by atoms with Crippen molar-refractivity contribution in [2.24, 2.45) is 11.3 Å². The van der Waals surface area contributed by atoms with Gasteiger partial charge < -0.3 is 9.38 Å². The van der Waals surface area contributed by atoms with Crippen LogP contribution in [0.2, 0.25) is 0 Å². The van der Waals surface area contributed by atoms with Crippen LogP contribution in [0, 0.1) is 11.3 Å². The van der Waals surface area contributed by atoms with Crippen molar-refractivity contribution in [2.45, 2.75) is 33.1 Å². The number of hydrogen-bond acceptors (Lipinski definition) is 1. The lowest BCUT2D eigenvalue weighted by Gasteiger charge is -2.58. The van der Waals surface area contributed by atoms with Gasteiger partial charge in [-0.15, -0.1) is 0 Å². The van der Waals surface area contributed by atoms with Gasteiger partial charge in [0.2, 0.25) is 0 Å². The first-order chi connectivity index (χ1) is 11.2. The summed E-state index contributed by atoms with van der Waals surface area (Å²) in [5, 5.41) is 0. The number of aromatic nitrogens is 1. The third kappa shape index (κ3) is 2.35. The quantitative estimate of drug-likeness (QED) is 0.765. The SMILES string of the molecule is CC.CN1CC2(CC(CC3=C4C=CC=[N+]4[B]n4cccc43)C2)C1. The van der Waals surface area contributed by atoms with Gasteiger partial charge in [-0.2, -0.15) is 0 Å². The van der Waals surface area contributed by atoms with Crippen molar-refractivity contribution >= 4 is 19.3 Å². The molecule has 1 aromatic heterocycles. The summed E-state index contributed by atoms with van der Waals surface area (Å²) in [5.41, 5.74) is 4.98. The standard InChI is InChI=1S/C17H20BN3.C2H6/c1-19-11-17(12-19)9-13(10-17)8-14-15-4-2-6-20(15)18-21-7-3-5-16(14)21;1-2/h2-7,13H,8-12H2,1H3;1-2H3/q+1;. The van der Waals surface area contributed by atoms with E-state index < -0.39 is 0 Å². The van der Waals surface area contributed by atoms with E-state index in [-0.39, 0.29) is 0 Å². The molecular weight excluding hydrogens is 281 g/mol. The van der Waals surface area contributed by atoms with E-state index in [0.717, 1.165) is 5.92 Å². The molecule has 2 fully saturated rings. The van der Waals surface area contributed by atoms with Crippen molar-refractivity contribution in [2.75, 3.05) is 20.1 Å². The predicted molar refractivity (Wildman–Crippen MR) is 96.6 cm³/mol. The second-order valence-corrected chi connectivity index (χ2v) is 7.35.